The molecule has 1 unspecified atom stereocenters. The third-order valence-electron chi connectivity index (χ3n) is 3.00. The maximum atomic E-state index is 5.73. The summed E-state index contributed by atoms with van der Waals surface area (Å²) in [5.74, 6) is 1.21. The molecule has 0 aliphatic heterocycles. The van der Waals surface area contributed by atoms with Crippen LogP contribution in [0.25, 0.3) is 0 Å². The molecule has 1 aromatic rings. The summed E-state index contributed by atoms with van der Waals surface area (Å²) in [6.45, 7) is 7.30. The van der Waals surface area contributed by atoms with Crippen LogP contribution in [0, 0.1) is 5.92 Å². The highest BCUT2D eigenvalue weighted by atomic mass is 16.4. The van der Waals surface area contributed by atoms with Gasteiger partial charge in [0.05, 0.1) is 6.04 Å². The first kappa shape index (κ1) is 12.4. The average Bonchev–Trinajstić information content (AvgIpc) is 2.95. The van der Waals surface area contributed by atoms with E-state index in [-0.39, 0.29) is 6.04 Å². The van der Waals surface area contributed by atoms with Crippen LogP contribution in [0.5, 0.6) is 0 Å². The SMILES string of the molecule is CC(C)CCN(c1nnc(C(C)N)o1)C1CC1. The van der Waals surface area contributed by atoms with Gasteiger partial charge in [-0.25, -0.2) is 0 Å². The Bertz CT molecular complexity index is 357. The van der Waals surface area contributed by atoms with Crippen molar-refractivity contribution in [2.24, 2.45) is 11.7 Å². The minimum atomic E-state index is -0.192. The highest BCUT2D eigenvalue weighted by molar-refractivity contribution is 5.29. The van der Waals surface area contributed by atoms with Crippen molar-refractivity contribution < 1.29 is 4.42 Å². The molecule has 5 nitrogen and oxygen atoms in total. The summed E-state index contributed by atoms with van der Waals surface area (Å²) >= 11 is 0. The maximum Gasteiger partial charge on any atom is 0.318 e. The van der Waals surface area contributed by atoms with Gasteiger partial charge in [-0.15, -0.1) is 5.10 Å². The van der Waals surface area contributed by atoms with Gasteiger partial charge in [-0.1, -0.05) is 18.9 Å². The Morgan fingerprint density at radius 1 is 1.35 bits per heavy atom. The van der Waals surface area contributed by atoms with Gasteiger partial charge in [0, 0.05) is 12.6 Å². The van der Waals surface area contributed by atoms with E-state index >= 15 is 0 Å². The van der Waals surface area contributed by atoms with Gasteiger partial charge in [0.15, 0.2) is 0 Å². The van der Waals surface area contributed by atoms with Crippen LogP contribution in [0.2, 0.25) is 0 Å². The number of hydrogen-bond donors (Lipinski definition) is 1. The molecule has 1 aliphatic rings. The number of nitrogens with zero attached hydrogens (tertiary/aromatic N) is 3. The number of aromatic nitrogens is 2. The van der Waals surface area contributed by atoms with Crippen molar-refractivity contribution in [2.45, 2.75) is 52.1 Å². The van der Waals surface area contributed by atoms with Crippen molar-refractivity contribution in [2.75, 3.05) is 11.4 Å². The molecule has 2 N–H and O–H groups in total. The van der Waals surface area contributed by atoms with Crippen LogP contribution in [0.1, 0.15) is 52.0 Å². The molecule has 17 heavy (non-hydrogen) atoms. The predicted octanol–water partition coefficient (Wildman–Crippen LogP) is 2.10. The fraction of sp³-hybridized carbons (Fsp3) is 0.833. The van der Waals surface area contributed by atoms with Crippen LogP contribution >= 0.6 is 0 Å². The first-order chi connectivity index (χ1) is 8.08. The van der Waals surface area contributed by atoms with Gasteiger partial charge in [0.1, 0.15) is 0 Å². The summed E-state index contributed by atoms with van der Waals surface area (Å²) in [7, 11) is 0. The molecule has 2 rings (SSSR count). The van der Waals surface area contributed by atoms with Gasteiger partial charge in [-0.3, -0.25) is 0 Å². The molecule has 0 amide bonds. The fourth-order valence-corrected chi connectivity index (χ4v) is 1.74. The van der Waals surface area contributed by atoms with Crippen molar-refractivity contribution in [1.29, 1.82) is 0 Å². The summed E-state index contributed by atoms with van der Waals surface area (Å²) in [5.41, 5.74) is 5.73. The summed E-state index contributed by atoms with van der Waals surface area (Å²) in [5, 5.41) is 8.10. The predicted molar refractivity (Wildman–Crippen MR) is 66.7 cm³/mol. The van der Waals surface area contributed by atoms with Crippen LogP contribution in [-0.4, -0.2) is 22.8 Å². The standard InChI is InChI=1S/C12H22N4O/c1-8(2)6-7-16(10-4-5-10)12-15-14-11(17-12)9(3)13/h8-10H,4-7,13H2,1-3H3. The van der Waals surface area contributed by atoms with Crippen molar-refractivity contribution >= 4 is 6.01 Å². The fourth-order valence-electron chi connectivity index (χ4n) is 1.74. The second-order valence-corrected chi connectivity index (χ2v) is 5.32. The third-order valence-corrected chi connectivity index (χ3v) is 3.00. The topological polar surface area (TPSA) is 68.2 Å². The van der Waals surface area contributed by atoms with E-state index < -0.39 is 0 Å². The van der Waals surface area contributed by atoms with E-state index in [4.69, 9.17) is 10.2 Å². The first-order valence-corrected chi connectivity index (χ1v) is 6.43. The molecule has 1 aromatic heterocycles. The van der Waals surface area contributed by atoms with Gasteiger partial charge in [-0.05, 0) is 32.1 Å². The van der Waals surface area contributed by atoms with Gasteiger partial charge in [0.2, 0.25) is 5.89 Å². The summed E-state index contributed by atoms with van der Waals surface area (Å²) in [6, 6.07) is 1.04. The molecule has 1 atom stereocenters. The van der Waals surface area contributed by atoms with E-state index in [1.807, 2.05) is 6.92 Å². The zero-order valence-electron chi connectivity index (χ0n) is 10.9. The molecule has 0 aromatic carbocycles. The molecule has 96 valence electrons. The van der Waals surface area contributed by atoms with Crippen molar-refractivity contribution in [3.05, 3.63) is 5.89 Å². The zero-order chi connectivity index (χ0) is 12.4. The first-order valence-electron chi connectivity index (χ1n) is 6.43. The Kier molecular flexibility index (Phi) is 3.66. The zero-order valence-corrected chi connectivity index (χ0v) is 10.9. The van der Waals surface area contributed by atoms with Crippen molar-refractivity contribution in [1.82, 2.24) is 10.2 Å². The Labute approximate surface area is 102 Å². The average molecular weight is 238 g/mol. The molecule has 1 heterocycles. The smallest absolute Gasteiger partial charge is 0.318 e. The highest BCUT2D eigenvalue weighted by Gasteiger charge is 2.32. The van der Waals surface area contributed by atoms with Crippen molar-refractivity contribution in [3.63, 3.8) is 0 Å². The Hall–Kier alpha value is -1.10. The van der Waals surface area contributed by atoms with Gasteiger partial charge in [0.25, 0.3) is 0 Å². The number of hydrogen-bond acceptors (Lipinski definition) is 5. The van der Waals surface area contributed by atoms with Gasteiger partial charge >= 0.3 is 6.01 Å². The van der Waals surface area contributed by atoms with Crippen LogP contribution in [-0.2, 0) is 0 Å². The Morgan fingerprint density at radius 2 is 2.06 bits per heavy atom. The van der Waals surface area contributed by atoms with Crippen LogP contribution in [0.15, 0.2) is 4.42 Å². The summed E-state index contributed by atoms with van der Waals surface area (Å²) < 4.78 is 5.62. The van der Waals surface area contributed by atoms with E-state index in [0.717, 1.165) is 13.0 Å². The molecule has 0 spiro atoms. The Morgan fingerprint density at radius 3 is 2.53 bits per heavy atom. The van der Waals surface area contributed by atoms with Crippen LogP contribution in [0.3, 0.4) is 0 Å². The molecular weight excluding hydrogens is 216 g/mol. The lowest BCUT2D eigenvalue weighted by atomic mass is 10.1. The molecule has 1 saturated carbocycles. The monoisotopic (exact) mass is 238 g/mol. The van der Waals surface area contributed by atoms with Gasteiger partial charge in [-0.2, -0.15) is 0 Å². The summed E-state index contributed by atoms with van der Waals surface area (Å²) in [4.78, 5) is 2.24. The number of rotatable bonds is 6. The van der Waals surface area contributed by atoms with E-state index in [1.165, 1.54) is 12.8 Å². The highest BCUT2D eigenvalue weighted by Crippen LogP contribution is 2.31. The lowest BCUT2D eigenvalue weighted by Gasteiger charge is -2.20. The van der Waals surface area contributed by atoms with E-state index in [0.29, 0.717) is 23.9 Å². The molecule has 1 fully saturated rings. The summed E-state index contributed by atoms with van der Waals surface area (Å²) in [6.07, 6.45) is 3.61. The van der Waals surface area contributed by atoms with E-state index in [2.05, 4.69) is 28.9 Å². The van der Waals surface area contributed by atoms with Crippen LogP contribution in [0.4, 0.5) is 6.01 Å². The third kappa shape index (κ3) is 3.19. The van der Waals surface area contributed by atoms with E-state index in [9.17, 15) is 0 Å². The second kappa shape index (κ2) is 5.04. The minimum absolute atomic E-state index is 0.192. The van der Waals surface area contributed by atoms with Crippen LogP contribution < -0.4 is 10.6 Å². The maximum absolute atomic E-state index is 5.73. The molecular formula is C12H22N4O. The van der Waals surface area contributed by atoms with E-state index in [1.54, 1.807) is 0 Å². The molecule has 0 saturated heterocycles. The lowest BCUT2D eigenvalue weighted by molar-refractivity contribution is 0.448. The number of anilines is 1. The molecule has 0 bridgehead atoms. The second-order valence-electron chi connectivity index (χ2n) is 5.32. The minimum Gasteiger partial charge on any atom is -0.406 e. The lowest BCUT2D eigenvalue weighted by Crippen LogP contribution is -2.28. The molecule has 1 aliphatic carbocycles. The largest absolute Gasteiger partial charge is 0.406 e. The van der Waals surface area contributed by atoms with Crippen molar-refractivity contribution in [3.8, 4) is 0 Å². The van der Waals surface area contributed by atoms with Gasteiger partial charge < -0.3 is 15.1 Å². The number of nitrogens with two attached hydrogens (primary N) is 1. The normalized spacial score (nSPS) is 17.5. The molecule has 0 radical (unpaired) electrons. The Balaban J connectivity index is 2.03. The quantitative estimate of drug-likeness (QED) is 0.822. The molecule has 5 heteroatoms.